The van der Waals surface area contributed by atoms with Gasteiger partial charge in [-0.1, -0.05) is 31.9 Å². The van der Waals surface area contributed by atoms with Gasteiger partial charge in [0.15, 0.2) is 11.5 Å². The van der Waals surface area contributed by atoms with Gasteiger partial charge in [0.25, 0.3) is 11.8 Å². The molecule has 0 radical (unpaired) electrons. The Bertz CT molecular complexity index is 1380. The van der Waals surface area contributed by atoms with Crippen molar-refractivity contribution >= 4 is 33.2 Å². The monoisotopic (exact) mass is 556 g/mol. The summed E-state index contributed by atoms with van der Waals surface area (Å²) in [5, 5.41) is 2.84. The minimum Gasteiger partial charge on any atom is -0.493 e. The van der Waals surface area contributed by atoms with Crippen molar-refractivity contribution in [3.05, 3.63) is 52.6 Å². The fraction of sp³-hybridized carbons (Fsp3) is 0.483. The largest absolute Gasteiger partial charge is 0.493 e. The predicted molar refractivity (Wildman–Crippen MR) is 148 cm³/mol. The Morgan fingerprint density at radius 1 is 1.05 bits per heavy atom. The summed E-state index contributed by atoms with van der Waals surface area (Å²) in [5.74, 6) is -1.10. The van der Waals surface area contributed by atoms with E-state index < -0.39 is 33.4 Å². The maximum Gasteiger partial charge on any atom is 0.264 e. The van der Waals surface area contributed by atoms with E-state index in [2.05, 4.69) is 12.2 Å². The third-order valence-electron chi connectivity index (χ3n) is 7.06. The van der Waals surface area contributed by atoms with Gasteiger partial charge in [-0.25, -0.2) is 8.42 Å². The fourth-order valence-electron chi connectivity index (χ4n) is 4.96. The molecule has 210 valence electrons. The smallest absolute Gasteiger partial charge is 0.264 e. The van der Waals surface area contributed by atoms with Crippen molar-refractivity contribution in [1.29, 1.82) is 0 Å². The Morgan fingerprint density at radius 3 is 2.38 bits per heavy atom. The molecule has 0 spiro atoms. The summed E-state index contributed by atoms with van der Waals surface area (Å²) in [6.07, 6.45) is 6.03. The molecule has 10 heteroatoms. The van der Waals surface area contributed by atoms with E-state index in [4.69, 9.17) is 9.47 Å². The molecule has 39 heavy (non-hydrogen) atoms. The molecule has 2 aromatic carbocycles. The molecule has 0 bridgehead atoms. The van der Waals surface area contributed by atoms with E-state index in [0.717, 1.165) is 43.3 Å². The van der Waals surface area contributed by atoms with Gasteiger partial charge in [-0.15, -0.1) is 0 Å². The summed E-state index contributed by atoms with van der Waals surface area (Å²) in [5.41, 5.74) is 1.79. The van der Waals surface area contributed by atoms with Crippen molar-refractivity contribution in [2.75, 3.05) is 31.0 Å². The molecule has 3 amide bonds. The van der Waals surface area contributed by atoms with Crippen LogP contribution in [0.3, 0.4) is 0 Å². The van der Waals surface area contributed by atoms with Crippen LogP contribution in [0, 0.1) is 5.92 Å². The van der Waals surface area contributed by atoms with Gasteiger partial charge in [0, 0.05) is 12.2 Å². The number of fused-ring (bicyclic) bond motifs is 1. The average molecular weight is 557 g/mol. The van der Waals surface area contributed by atoms with Crippen molar-refractivity contribution in [2.45, 2.75) is 58.4 Å². The molecule has 9 nitrogen and oxygen atoms in total. The van der Waals surface area contributed by atoms with Crippen LogP contribution in [0.2, 0.25) is 0 Å². The highest BCUT2D eigenvalue weighted by molar-refractivity contribution is 7.90. The van der Waals surface area contributed by atoms with Gasteiger partial charge < -0.3 is 14.8 Å². The maximum absolute atomic E-state index is 14.0. The third kappa shape index (κ3) is 6.27. The number of imide groups is 1. The minimum absolute atomic E-state index is 0.0949. The number of hydrogen-bond acceptors (Lipinski definition) is 7. The van der Waals surface area contributed by atoms with Crippen LogP contribution >= 0.6 is 0 Å². The summed E-state index contributed by atoms with van der Waals surface area (Å²) in [4.78, 5) is 41.7. The van der Waals surface area contributed by atoms with E-state index in [1.54, 1.807) is 30.3 Å². The van der Waals surface area contributed by atoms with E-state index in [1.807, 2.05) is 6.92 Å². The summed E-state index contributed by atoms with van der Waals surface area (Å²) < 4.78 is 36.2. The van der Waals surface area contributed by atoms with Crippen molar-refractivity contribution in [3.63, 3.8) is 0 Å². The fourth-order valence-corrected chi connectivity index (χ4v) is 5.88. The zero-order valence-corrected chi connectivity index (χ0v) is 23.7. The summed E-state index contributed by atoms with van der Waals surface area (Å²) in [6, 6.07) is 7.25. The second-order valence-electron chi connectivity index (χ2n) is 10.2. The normalized spacial score (nSPS) is 15.7. The highest BCUT2D eigenvalue weighted by Crippen LogP contribution is 2.41. The maximum atomic E-state index is 14.0. The molecule has 4 rings (SSSR count). The zero-order valence-electron chi connectivity index (χ0n) is 22.9. The van der Waals surface area contributed by atoms with Crippen LogP contribution in [0.5, 0.6) is 11.5 Å². The lowest BCUT2D eigenvalue weighted by molar-refractivity contribution is -0.117. The van der Waals surface area contributed by atoms with Gasteiger partial charge in [0.2, 0.25) is 5.91 Å². The number of sulfone groups is 1. The molecule has 1 atom stereocenters. The molecule has 2 aromatic rings. The molecule has 1 heterocycles. The number of aryl methyl sites for hydroxylation is 1. The molecule has 2 aliphatic rings. The molecule has 1 aliphatic heterocycles. The highest BCUT2D eigenvalue weighted by Gasteiger charge is 2.45. The molecular weight excluding hydrogens is 520 g/mol. The van der Waals surface area contributed by atoms with E-state index in [0.29, 0.717) is 35.7 Å². The second-order valence-corrected chi connectivity index (χ2v) is 12.4. The number of hydrogen-bond donors (Lipinski definition) is 1. The summed E-state index contributed by atoms with van der Waals surface area (Å²) >= 11 is 0. The Morgan fingerprint density at radius 2 is 1.77 bits per heavy atom. The molecule has 0 unspecified atom stereocenters. The number of anilines is 1. The van der Waals surface area contributed by atoms with Crippen molar-refractivity contribution in [2.24, 2.45) is 5.92 Å². The van der Waals surface area contributed by atoms with E-state index in [-0.39, 0.29) is 28.6 Å². The number of carbonyl (C=O) groups excluding carboxylic acids is 3. The van der Waals surface area contributed by atoms with Crippen molar-refractivity contribution in [3.8, 4) is 11.5 Å². The Balaban J connectivity index is 1.82. The predicted octanol–water partition coefficient (Wildman–Crippen LogP) is 4.56. The van der Waals surface area contributed by atoms with Crippen LogP contribution in [-0.2, 0) is 21.1 Å². The Hall–Kier alpha value is -3.40. The molecule has 1 fully saturated rings. The lowest BCUT2D eigenvalue weighted by Crippen LogP contribution is -2.38. The van der Waals surface area contributed by atoms with E-state index in [9.17, 15) is 22.8 Å². The number of nitrogens with one attached hydrogen (secondary N) is 1. The number of ether oxygens (including phenoxy) is 2. The molecular formula is C29H36N2O7S. The number of benzene rings is 2. The first-order valence-corrected chi connectivity index (χ1v) is 15.5. The molecule has 0 aromatic heterocycles. The second kappa shape index (κ2) is 11.8. The van der Waals surface area contributed by atoms with Gasteiger partial charge in [-0.2, -0.15) is 0 Å². The van der Waals surface area contributed by atoms with Crippen molar-refractivity contribution in [1.82, 2.24) is 4.90 Å². The van der Waals surface area contributed by atoms with Crippen LogP contribution in [0.15, 0.2) is 30.3 Å². The van der Waals surface area contributed by atoms with Gasteiger partial charge in [0.1, 0.15) is 9.84 Å². The van der Waals surface area contributed by atoms with Crippen LogP contribution in [0.1, 0.15) is 83.8 Å². The standard InChI is InChI=1S/C29H36N2O7S/c1-5-7-8-9-18-12-14-21(30-27(32)19-10-11-19)26-25(18)28(33)31(29(26)34)22(17-39(4,35)36)20-13-15-23(37-3)24(16-20)38-6-2/h12-16,19,22H,5-11,17H2,1-4H3,(H,30,32)/t22-/m1/s1. The first kappa shape index (κ1) is 28.6. The number of amides is 3. The van der Waals surface area contributed by atoms with Gasteiger partial charge in [-0.3, -0.25) is 19.3 Å². The van der Waals surface area contributed by atoms with E-state index >= 15 is 0 Å². The quantitative estimate of drug-likeness (QED) is 0.284. The highest BCUT2D eigenvalue weighted by atomic mass is 32.2. The third-order valence-corrected chi connectivity index (χ3v) is 7.98. The first-order valence-electron chi connectivity index (χ1n) is 13.4. The van der Waals surface area contributed by atoms with Crippen LogP contribution in [0.4, 0.5) is 5.69 Å². The van der Waals surface area contributed by atoms with Gasteiger partial charge in [-0.05, 0) is 61.9 Å². The number of unbranched alkanes of at least 4 members (excludes halogenated alkanes) is 2. The minimum atomic E-state index is -3.63. The van der Waals surface area contributed by atoms with Crippen LogP contribution < -0.4 is 14.8 Å². The molecule has 1 N–H and O–H groups in total. The van der Waals surface area contributed by atoms with Crippen LogP contribution in [-0.4, -0.2) is 56.8 Å². The molecule has 1 aliphatic carbocycles. The first-order chi connectivity index (χ1) is 18.6. The van der Waals surface area contributed by atoms with Crippen LogP contribution in [0.25, 0.3) is 0 Å². The van der Waals surface area contributed by atoms with Gasteiger partial charge in [0.05, 0.1) is 42.3 Å². The number of rotatable bonds is 13. The average Bonchev–Trinajstić information content (AvgIpc) is 3.70. The SMILES string of the molecule is CCCCCc1ccc(NC(=O)C2CC2)c2c1C(=O)N([C@H](CS(C)(=O)=O)c1ccc(OC)c(OCC)c1)C2=O. The lowest BCUT2D eigenvalue weighted by Gasteiger charge is -2.27. The van der Waals surface area contributed by atoms with Crippen molar-refractivity contribution < 1.29 is 32.3 Å². The summed E-state index contributed by atoms with van der Waals surface area (Å²) in [7, 11) is -2.14. The topological polar surface area (TPSA) is 119 Å². The number of carbonyl (C=O) groups is 3. The number of methoxy groups -OCH3 is 1. The lowest BCUT2D eigenvalue weighted by atomic mass is 9.96. The zero-order chi connectivity index (χ0) is 28.3. The summed E-state index contributed by atoms with van der Waals surface area (Å²) in [6.45, 7) is 4.23. The Kier molecular flexibility index (Phi) is 8.64. The number of nitrogens with zero attached hydrogens (tertiary/aromatic N) is 1. The van der Waals surface area contributed by atoms with E-state index in [1.165, 1.54) is 7.11 Å². The molecule has 0 saturated heterocycles. The van der Waals surface area contributed by atoms with Gasteiger partial charge >= 0.3 is 0 Å². The molecule has 1 saturated carbocycles. The Labute approximate surface area is 229 Å².